The molecule has 3 aromatic rings. The van der Waals surface area contributed by atoms with Crippen molar-refractivity contribution in [2.24, 2.45) is 0 Å². The van der Waals surface area contributed by atoms with Crippen LogP contribution in [-0.2, 0) is 10.8 Å². The summed E-state index contributed by atoms with van der Waals surface area (Å²) in [5.41, 5.74) is 6.98. The van der Waals surface area contributed by atoms with Gasteiger partial charge in [-0.25, -0.2) is 14.2 Å². The number of hydrogen-bond donors (Lipinski definition) is 2. The zero-order chi connectivity index (χ0) is 15.0. The number of nitrogens with zero attached hydrogens (tertiary/aromatic N) is 2. The van der Waals surface area contributed by atoms with Crippen molar-refractivity contribution in [2.75, 3.05) is 12.0 Å². The monoisotopic (exact) mass is 338 g/mol. The molecular formula is C13H11ClN4OS2. The average Bonchev–Trinajstić information content (AvgIpc) is 2.84. The van der Waals surface area contributed by atoms with E-state index in [1.54, 1.807) is 12.1 Å². The number of thioether (sulfide) groups is 1. The fourth-order valence-electron chi connectivity index (χ4n) is 1.95. The SMILES string of the molecule is CSc1nc(Cl)c2[nH]c(N)c(S(=O)c3ccccc3)c2n1. The van der Waals surface area contributed by atoms with Gasteiger partial charge in [0.05, 0.1) is 10.8 Å². The highest BCUT2D eigenvalue weighted by molar-refractivity contribution is 7.98. The first kappa shape index (κ1) is 14.4. The molecule has 1 unspecified atom stereocenters. The number of fused-ring (bicyclic) bond motifs is 1. The van der Waals surface area contributed by atoms with Crippen molar-refractivity contribution < 1.29 is 4.21 Å². The number of hydrogen-bond acceptors (Lipinski definition) is 5. The third-order valence-electron chi connectivity index (χ3n) is 2.89. The number of benzene rings is 1. The summed E-state index contributed by atoms with van der Waals surface area (Å²) in [7, 11) is -1.43. The Labute approximate surface area is 132 Å². The van der Waals surface area contributed by atoms with E-state index in [0.29, 0.717) is 31.8 Å². The summed E-state index contributed by atoms with van der Waals surface area (Å²) < 4.78 is 12.8. The van der Waals surface area contributed by atoms with Gasteiger partial charge in [0.2, 0.25) is 0 Å². The first-order chi connectivity index (χ1) is 10.1. The van der Waals surface area contributed by atoms with Crippen molar-refractivity contribution in [2.45, 2.75) is 14.9 Å². The fourth-order valence-corrected chi connectivity index (χ4v) is 3.80. The van der Waals surface area contributed by atoms with Gasteiger partial charge in [-0.15, -0.1) is 0 Å². The van der Waals surface area contributed by atoms with Gasteiger partial charge in [0.1, 0.15) is 21.7 Å². The number of nitrogens with one attached hydrogen (secondary N) is 1. The Balaban J connectivity index is 2.25. The first-order valence-corrected chi connectivity index (χ1v) is 8.72. The lowest BCUT2D eigenvalue weighted by molar-refractivity contribution is 0.684. The van der Waals surface area contributed by atoms with Gasteiger partial charge in [0.15, 0.2) is 10.3 Å². The number of H-pyrrole nitrogens is 1. The molecule has 5 nitrogen and oxygen atoms in total. The fraction of sp³-hybridized carbons (Fsp3) is 0.0769. The molecule has 0 aliphatic carbocycles. The summed E-state index contributed by atoms with van der Waals surface area (Å²) in [6.45, 7) is 0. The van der Waals surface area contributed by atoms with E-state index in [1.165, 1.54) is 11.8 Å². The number of rotatable bonds is 3. The predicted octanol–water partition coefficient (Wildman–Crippen LogP) is 3.08. The lowest BCUT2D eigenvalue weighted by Crippen LogP contribution is -1.98. The lowest BCUT2D eigenvalue weighted by Gasteiger charge is -2.02. The van der Waals surface area contributed by atoms with Gasteiger partial charge in [0.25, 0.3) is 0 Å². The second-order valence-electron chi connectivity index (χ2n) is 4.17. The highest BCUT2D eigenvalue weighted by Gasteiger charge is 2.21. The van der Waals surface area contributed by atoms with Gasteiger partial charge in [-0.3, -0.25) is 0 Å². The van der Waals surface area contributed by atoms with Crippen molar-refractivity contribution in [1.29, 1.82) is 0 Å². The molecule has 0 spiro atoms. The van der Waals surface area contributed by atoms with E-state index in [4.69, 9.17) is 17.3 Å². The molecule has 1 aromatic carbocycles. The second kappa shape index (κ2) is 5.67. The second-order valence-corrected chi connectivity index (χ2v) is 6.72. The number of nitrogens with two attached hydrogens (primary N) is 1. The van der Waals surface area contributed by atoms with Crippen LogP contribution >= 0.6 is 23.4 Å². The highest BCUT2D eigenvalue weighted by atomic mass is 35.5. The standard InChI is InChI=1S/C13H11ClN4OS2/c1-20-13-17-8-9(11(14)18-13)16-12(15)10(8)21(19)7-5-3-2-4-6-7/h2-6,16H,15H2,1H3. The quantitative estimate of drug-likeness (QED) is 0.435. The summed E-state index contributed by atoms with van der Waals surface area (Å²) in [6.07, 6.45) is 1.85. The molecule has 0 radical (unpaired) electrons. The first-order valence-electron chi connectivity index (χ1n) is 5.97. The predicted molar refractivity (Wildman–Crippen MR) is 86.2 cm³/mol. The minimum Gasteiger partial charge on any atom is -0.384 e. The minimum absolute atomic E-state index is 0.271. The molecule has 0 amide bonds. The van der Waals surface area contributed by atoms with Gasteiger partial charge in [0, 0.05) is 4.90 Å². The largest absolute Gasteiger partial charge is 0.384 e. The van der Waals surface area contributed by atoms with Crippen LogP contribution in [0.2, 0.25) is 5.15 Å². The third-order valence-corrected chi connectivity index (χ3v) is 5.19. The average molecular weight is 339 g/mol. The Hall–Kier alpha value is -1.57. The maximum Gasteiger partial charge on any atom is 0.189 e. The van der Waals surface area contributed by atoms with Crippen molar-refractivity contribution in [1.82, 2.24) is 15.0 Å². The molecule has 8 heteroatoms. The molecule has 0 fully saturated rings. The van der Waals surface area contributed by atoms with Gasteiger partial charge in [-0.05, 0) is 18.4 Å². The van der Waals surface area contributed by atoms with E-state index in [1.807, 2.05) is 24.5 Å². The van der Waals surface area contributed by atoms with E-state index in [0.717, 1.165) is 0 Å². The topological polar surface area (TPSA) is 84.7 Å². The summed E-state index contributed by atoms with van der Waals surface area (Å²) in [6, 6.07) is 9.09. The van der Waals surface area contributed by atoms with E-state index in [2.05, 4.69) is 15.0 Å². The molecule has 1 atom stereocenters. The van der Waals surface area contributed by atoms with Crippen LogP contribution in [0.5, 0.6) is 0 Å². The Morgan fingerprint density at radius 2 is 2.00 bits per heavy atom. The van der Waals surface area contributed by atoms with E-state index < -0.39 is 10.8 Å². The van der Waals surface area contributed by atoms with Crippen LogP contribution in [0.1, 0.15) is 0 Å². The van der Waals surface area contributed by atoms with Crippen LogP contribution in [0.15, 0.2) is 45.3 Å². The van der Waals surface area contributed by atoms with Crippen LogP contribution in [0.25, 0.3) is 11.0 Å². The molecule has 0 saturated carbocycles. The van der Waals surface area contributed by atoms with Gasteiger partial charge < -0.3 is 10.7 Å². The number of aromatic nitrogens is 3. The number of aromatic amines is 1. The summed E-state index contributed by atoms with van der Waals surface area (Å²) >= 11 is 7.49. The van der Waals surface area contributed by atoms with E-state index in [9.17, 15) is 4.21 Å². The maximum atomic E-state index is 12.8. The molecule has 108 valence electrons. The molecule has 0 saturated heterocycles. The molecule has 0 aliphatic rings. The van der Waals surface area contributed by atoms with Crippen LogP contribution in [-0.4, -0.2) is 25.4 Å². The van der Waals surface area contributed by atoms with Crippen LogP contribution in [0.4, 0.5) is 5.82 Å². The Morgan fingerprint density at radius 1 is 1.29 bits per heavy atom. The zero-order valence-corrected chi connectivity index (χ0v) is 13.4. The molecular weight excluding hydrogens is 328 g/mol. The maximum absolute atomic E-state index is 12.8. The van der Waals surface area contributed by atoms with E-state index in [-0.39, 0.29) is 5.15 Å². The highest BCUT2D eigenvalue weighted by Crippen LogP contribution is 2.33. The van der Waals surface area contributed by atoms with Crippen molar-refractivity contribution in [3.8, 4) is 0 Å². The van der Waals surface area contributed by atoms with Crippen molar-refractivity contribution in [3.63, 3.8) is 0 Å². The van der Waals surface area contributed by atoms with Gasteiger partial charge in [-0.1, -0.05) is 41.6 Å². The number of halogens is 1. The van der Waals surface area contributed by atoms with Gasteiger partial charge in [-0.2, -0.15) is 0 Å². The smallest absolute Gasteiger partial charge is 0.189 e. The van der Waals surface area contributed by atoms with Crippen molar-refractivity contribution >= 4 is 51.0 Å². The summed E-state index contributed by atoms with van der Waals surface area (Å²) in [5.74, 6) is 0.293. The Kier molecular flexibility index (Phi) is 3.88. The van der Waals surface area contributed by atoms with Crippen LogP contribution in [0.3, 0.4) is 0 Å². The molecule has 0 aliphatic heterocycles. The summed E-state index contributed by atoms with van der Waals surface area (Å²) in [5, 5.41) is 0.783. The van der Waals surface area contributed by atoms with Gasteiger partial charge >= 0.3 is 0 Å². The molecule has 2 heterocycles. The third kappa shape index (κ3) is 2.52. The normalized spacial score (nSPS) is 12.7. The Bertz CT molecular complexity index is 835. The Morgan fingerprint density at radius 3 is 2.67 bits per heavy atom. The molecule has 3 N–H and O–H groups in total. The molecule has 3 rings (SSSR count). The van der Waals surface area contributed by atoms with Crippen molar-refractivity contribution in [3.05, 3.63) is 35.5 Å². The molecule has 2 aromatic heterocycles. The minimum atomic E-state index is -1.43. The van der Waals surface area contributed by atoms with Crippen LogP contribution in [0, 0.1) is 0 Å². The zero-order valence-electron chi connectivity index (χ0n) is 11.0. The lowest BCUT2D eigenvalue weighted by atomic mass is 10.4. The summed E-state index contributed by atoms with van der Waals surface area (Å²) in [4.78, 5) is 12.5. The number of anilines is 1. The molecule has 0 bridgehead atoms. The van der Waals surface area contributed by atoms with E-state index >= 15 is 0 Å². The molecule has 21 heavy (non-hydrogen) atoms. The van der Waals surface area contributed by atoms with Crippen LogP contribution < -0.4 is 5.73 Å². The number of nitrogen functional groups attached to an aromatic ring is 1.